The van der Waals surface area contributed by atoms with E-state index in [0.717, 1.165) is 44.2 Å². The van der Waals surface area contributed by atoms with Gasteiger partial charge in [0.05, 0.1) is 40.0 Å². The highest BCUT2D eigenvalue weighted by molar-refractivity contribution is 6.09. The summed E-state index contributed by atoms with van der Waals surface area (Å²) in [5.74, 6) is 0. The Balaban J connectivity index is 1.87. The van der Waals surface area contributed by atoms with E-state index in [1.807, 2.05) is 48.5 Å². The highest BCUT2D eigenvalue weighted by Crippen LogP contribution is 2.35. The molecule has 0 N–H and O–H groups in total. The second kappa shape index (κ2) is 6.88. The number of para-hydroxylation sites is 1. The van der Waals surface area contributed by atoms with Crippen molar-refractivity contribution in [1.29, 1.82) is 10.5 Å². The second-order valence-electron chi connectivity index (χ2n) is 7.23. The van der Waals surface area contributed by atoms with E-state index in [4.69, 9.17) is 0 Å². The maximum Gasteiger partial charge on any atom is 0.0998 e. The molecule has 0 amide bonds. The summed E-state index contributed by atoms with van der Waals surface area (Å²) in [6, 6.07) is 26.4. The number of rotatable bonds is 2. The van der Waals surface area contributed by atoms with Gasteiger partial charge in [-0.15, -0.1) is 0 Å². The normalized spacial score (nSPS) is 10.8. The van der Waals surface area contributed by atoms with Gasteiger partial charge >= 0.3 is 0 Å². The molecule has 0 unspecified atom stereocenters. The fourth-order valence-electron chi connectivity index (χ4n) is 4.10. The summed E-state index contributed by atoms with van der Waals surface area (Å²) < 4.78 is 2.15. The average molecular weight is 384 g/mol. The number of benzene rings is 3. The standard InChI is InChI=1S/C26H16N4/c1-17-12-23(19-8-10-29-11-9-19)20(16-28)14-25(17)30-24-5-3-2-4-21(24)22-7-6-18(15-27)13-26(22)30/h2-14H,1H3. The van der Waals surface area contributed by atoms with Gasteiger partial charge in [-0.1, -0.05) is 24.3 Å². The Kier molecular flexibility index (Phi) is 4.05. The zero-order valence-corrected chi connectivity index (χ0v) is 16.3. The third kappa shape index (κ3) is 2.64. The number of fused-ring (bicyclic) bond motifs is 3. The van der Waals surface area contributed by atoms with Gasteiger partial charge in [0.25, 0.3) is 0 Å². The van der Waals surface area contributed by atoms with Gasteiger partial charge in [0.1, 0.15) is 0 Å². The van der Waals surface area contributed by atoms with Crippen LogP contribution in [0.15, 0.2) is 79.1 Å². The van der Waals surface area contributed by atoms with E-state index in [1.165, 1.54) is 0 Å². The Morgan fingerprint density at radius 1 is 0.800 bits per heavy atom. The summed E-state index contributed by atoms with van der Waals surface area (Å²) >= 11 is 0. The molecule has 5 aromatic rings. The highest BCUT2D eigenvalue weighted by Gasteiger charge is 2.16. The minimum atomic E-state index is 0.601. The van der Waals surface area contributed by atoms with Crippen LogP contribution in [0.1, 0.15) is 16.7 Å². The Bertz CT molecular complexity index is 1510. The molecule has 4 heteroatoms. The topological polar surface area (TPSA) is 65.4 Å². The summed E-state index contributed by atoms with van der Waals surface area (Å²) in [5, 5.41) is 21.5. The largest absolute Gasteiger partial charge is 0.309 e. The molecule has 140 valence electrons. The van der Waals surface area contributed by atoms with Crippen LogP contribution in [0.5, 0.6) is 0 Å². The van der Waals surface area contributed by atoms with Gasteiger partial charge in [0.2, 0.25) is 0 Å². The van der Waals surface area contributed by atoms with Crippen LogP contribution in [0, 0.1) is 29.6 Å². The predicted molar refractivity (Wildman–Crippen MR) is 118 cm³/mol. The van der Waals surface area contributed by atoms with Crippen LogP contribution in [-0.4, -0.2) is 9.55 Å². The molecule has 0 aliphatic rings. The number of aromatic nitrogens is 2. The first kappa shape index (κ1) is 17.7. The molecule has 2 aromatic heterocycles. The quantitative estimate of drug-likeness (QED) is 0.381. The summed E-state index contributed by atoms with van der Waals surface area (Å²) in [6.45, 7) is 2.05. The summed E-state index contributed by atoms with van der Waals surface area (Å²) in [5.41, 5.74) is 7.05. The van der Waals surface area contributed by atoms with Gasteiger partial charge in [-0.2, -0.15) is 10.5 Å². The minimum Gasteiger partial charge on any atom is -0.309 e. The molecule has 2 heterocycles. The number of hydrogen-bond donors (Lipinski definition) is 0. The van der Waals surface area contributed by atoms with Crippen LogP contribution in [-0.2, 0) is 0 Å². The van der Waals surface area contributed by atoms with Crippen molar-refractivity contribution >= 4 is 21.8 Å². The highest BCUT2D eigenvalue weighted by atomic mass is 15.0. The fraction of sp³-hybridized carbons (Fsp3) is 0.0385. The van der Waals surface area contributed by atoms with Crippen molar-refractivity contribution in [3.63, 3.8) is 0 Å². The van der Waals surface area contributed by atoms with Crippen molar-refractivity contribution < 1.29 is 0 Å². The molecule has 0 aliphatic heterocycles. The molecule has 0 fully saturated rings. The van der Waals surface area contributed by atoms with E-state index in [-0.39, 0.29) is 0 Å². The Hall–Kier alpha value is -4.41. The zero-order valence-electron chi connectivity index (χ0n) is 16.3. The zero-order chi connectivity index (χ0) is 20.7. The monoisotopic (exact) mass is 384 g/mol. The molecule has 5 rings (SSSR count). The molecular weight excluding hydrogens is 368 g/mol. The van der Waals surface area contributed by atoms with E-state index in [2.05, 4.69) is 46.8 Å². The average Bonchev–Trinajstić information content (AvgIpc) is 3.13. The van der Waals surface area contributed by atoms with Gasteiger partial charge in [-0.05, 0) is 66.1 Å². The number of aryl methyl sites for hydroxylation is 1. The maximum absolute atomic E-state index is 9.88. The minimum absolute atomic E-state index is 0.601. The summed E-state index contributed by atoms with van der Waals surface area (Å²) in [7, 11) is 0. The molecule has 0 spiro atoms. The maximum atomic E-state index is 9.88. The lowest BCUT2D eigenvalue weighted by Gasteiger charge is -2.14. The number of hydrogen-bond acceptors (Lipinski definition) is 3. The van der Waals surface area contributed by atoms with Gasteiger partial charge in [-0.3, -0.25) is 4.98 Å². The van der Waals surface area contributed by atoms with Gasteiger partial charge in [0, 0.05) is 23.2 Å². The first-order valence-corrected chi connectivity index (χ1v) is 9.60. The van der Waals surface area contributed by atoms with E-state index >= 15 is 0 Å². The third-order valence-corrected chi connectivity index (χ3v) is 5.49. The van der Waals surface area contributed by atoms with Crippen molar-refractivity contribution in [3.05, 3.63) is 95.8 Å². The van der Waals surface area contributed by atoms with Crippen LogP contribution < -0.4 is 0 Å². The molecule has 0 saturated carbocycles. The van der Waals surface area contributed by atoms with Crippen LogP contribution in [0.4, 0.5) is 0 Å². The summed E-state index contributed by atoms with van der Waals surface area (Å²) in [4.78, 5) is 4.08. The Labute approximate surface area is 173 Å². The molecule has 30 heavy (non-hydrogen) atoms. The summed E-state index contributed by atoms with van der Waals surface area (Å²) in [6.07, 6.45) is 3.46. The third-order valence-electron chi connectivity index (χ3n) is 5.49. The fourth-order valence-corrected chi connectivity index (χ4v) is 4.10. The predicted octanol–water partition coefficient (Wildman–Crippen LogP) is 5.90. The van der Waals surface area contributed by atoms with Gasteiger partial charge in [0.15, 0.2) is 0 Å². The molecule has 0 aliphatic carbocycles. The molecule has 0 radical (unpaired) electrons. The van der Waals surface area contributed by atoms with E-state index in [1.54, 1.807) is 12.4 Å². The smallest absolute Gasteiger partial charge is 0.0998 e. The molecular formula is C26H16N4. The molecule has 0 atom stereocenters. The lowest BCUT2D eigenvalue weighted by atomic mass is 9.97. The Morgan fingerprint density at radius 2 is 1.57 bits per heavy atom. The van der Waals surface area contributed by atoms with Crippen molar-refractivity contribution in [2.24, 2.45) is 0 Å². The van der Waals surface area contributed by atoms with Gasteiger partial charge in [-0.25, -0.2) is 0 Å². The number of nitrogens with zero attached hydrogens (tertiary/aromatic N) is 4. The number of nitriles is 2. The van der Waals surface area contributed by atoms with Crippen LogP contribution in [0.3, 0.4) is 0 Å². The van der Waals surface area contributed by atoms with Crippen molar-refractivity contribution in [1.82, 2.24) is 9.55 Å². The first-order valence-electron chi connectivity index (χ1n) is 9.60. The van der Waals surface area contributed by atoms with Crippen molar-refractivity contribution in [3.8, 4) is 29.0 Å². The van der Waals surface area contributed by atoms with Crippen molar-refractivity contribution in [2.45, 2.75) is 6.92 Å². The van der Waals surface area contributed by atoms with E-state index < -0.39 is 0 Å². The van der Waals surface area contributed by atoms with E-state index in [0.29, 0.717) is 11.1 Å². The first-order chi connectivity index (χ1) is 14.7. The van der Waals surface area contributed by atoms with Gasteiger partial charge < -0.3 is 4.57 Å². The van der Waals surface area contributed by atoms with Crippen LogP contribution in [0.25, 0.3) is 38.6 Å². The molecule has 0 bridgehead atoms. The lowest BCUT2D eigenvalue weighted by Crippen LogP contribution is -2.00. The van der Waals surface area contributed by atoms with Crippen LogP contribution >= 0.6 is 0 Å². The Morgan fingerprint density at radius 3 is 2.33 bits per heavy atom. The molecule has 3 aromatic carbocycles. The van der Waals surface area contributed by atoms with E-state index in [9.17, 15) is 10.5 Å². The SMILES string of the molecule is Cc1cc(-c2ccncc2)c(C#N)cc1-n1c2ccccc2c2ccc(C#N)cc21. The lowest BCUT2D eigenvalue weighted by molar-refractivity contribution is 1.14. The van der Waals surface area contributed by atoms with Crippen LogP contribution in [0.2, 0.25) is 0 Å². The number of pyridine rings is 1. The van der Waals surface area contributed by atoms with Crippen molar-refractivity contribution in [2.75, 3.05) is 0 Å². The molecule has 0 saturated heterocycles. The molecule has 4 nitrogen and oxygen atoms in total. The second-order valence-corrected chi connectivity index (χ2v) is 7.23.